The quantitative estimate of drug-likeness (QED) is 0.377. The fourth-order valence-electron chi connectivity index (χ4n) is 3.60. The van der Waals surface area contributed by atoms with Crippen LogP contribution in [0.25, 0.3) is 0 Å². The monoisotopic (exact) mass is 497 g/mol. The maximum absolute atomic E-state index is 5.22. The highest BCUT2D eigenvalue weighted by Gasteiger charge is 2.28. The lowest BCUT2D eigenvalue weighted by Crippen LogP contribution is -2.49. The van der Waals surface area contributed by atoms with Gasteiger partial charge < -0.3 is 19.5 Å². The zero-order valence-corrected chi connectivity index (χ0v) is 19.4. The Morgan fingerprint density at radius 1 is 1.32 bits per heavy atom. The minimum absolute atomic E-state index is 0. The van der Waals surface area contributed by atoms with Crippen molar-refractivity contribution in [1.29, 1.82) is 0 Å². The predicted molar refractivity (Wildman–Crippen MR) is 125 cm³/mol. The van der Waals surface area contributed by atoms with E-state index in [4.69, 9.17) is 9.73 Å². The molecule has 28 heavy (non-hydrogen) atoms. The van der Waals surface area contributed by atoms with Crippen LogP contribution in [0.4, 0.5) is 0 Å². The van der Waals surface area contributed by atoms with Crippen molar-refractivity contribution in [3.63, 3.8) is 0 Å². The zero-order chi connectivity index (χ0) is 19.1. The van der Waals surface area contributed by atoms with Crippen molar-refractivity contribution in [2.45, 2.75) is 32.7 Å². The van der Waals surface area contributed by atoms with Crippen LogP contribution >= 0.6 is 24.0 Å². The molecule has 1 aromatic heterocycles. The minimum Gasteiger partial charge on any atom is -0.497 e. The molecule has 0 spiro atoms. The first-order valence-corrected chi connectivity index (χ1v) is 9.85. The van der Waals surface area contributed by atoms with Gasteiger partial charge in [0, 0.05) is 38.6 Å². The Morgan fingerprint density at radius 3 is 2.75 bits per heavy atom. The molecule has 1 aliphatic rings. The summed E-state index contributed by atoms with van der Waals surface area (Å²) >= 11 is 0. The number of benzene rings is 1. The summed E-state index contributed by atoms with van der Waals surface area (Å²) in [6, 6.07) is 8.67. The Kier molecular flexibility index (Phi) is 9.08. The summed E-state index contributed by atoms with van der Waals surface area (Å²) in [5.41, 5.74) is 1.28. The van der Waals surface area contributed by atoms with Gasteiger partial charge in [0.15, 0.2) is 5.96 Å². The van der Waals surface area contributed by atoms with Gasteiger partial charge in [-0.25, -0.2) is 4.98 Å². The largest absolute Gasteiger partial charge is 0.497 e. The molecule has 7 heteroatoms. The molecule has 0 aliphatic carbocycles. The number of hydrogen-bond acceptors (Lipinski definition) is 3. The van der Waals surface area contributed by atoms with Gasteiger partial charge in [-0.15, -0.1) is 24.0 Å². The number of nitrogens with one attached hydrogen (secondary N) is 1. The summed E-state index contributed by atoms with van der Waals surface area (Å²) in [6.45, 7) is 8.11. The Morgan fingerprint density at radius 2 is 2.11 bits per heavy atom. The fraction of sp³-hybridized carbons (Fsp3) is 0.524. The third-order valence-corrected chi connectivity index (χ3v) is 5.28. The molecule has 3 rings (SSSR count). The Bertz CT molecular complexity index is 717. The van der Waals surface area contributed by atoms with Crippen LogP contribution in [0.15, 0.2) is 48.0 Å². The van der Waals surface area contributed by atoms with Gasteiger partial charge in [0.05, 0.1) is 19.5 Å². The molecule has 2 aromatic rings. The van der Waals surface area contributed by atoms with Gasteiger partial charge in [-0.05, 0) is 43.4 Å². The standard InChI is InChI=1S/C21H31N5O.HI/c1-4-23-21(24-11-9-18-5-7-19(27-3)8-6-18)25-13-10-17(2)20(15-25)26-14-12-22-16-26;/h5-8,12,14,16-17,20H,4,9-11,13,15H2,1-3H3,(H,23,24);1H. The molecule has 1 aromatic carbocycles. The van der Waals surface area contributed by atoms with Crippen molar-refractivity contribution >= 4 is 29.9 Å². The van der Waals surface area contributed by atoms with Gasteiger partial charge in [0.1, 0.15) is 5.75 Å². The van der Waals surface area contributed by atoms with Crippen molar-refractivity contribution in [3.8, 4) is 5.75 Å². The zero-order valence-electron chi connectivity index (χ0n) is 17.0. The number of aromatic nitrogens is 2. The number of imidazole rings is 1. The summed E-state index contributed by atoms with van der Waals surface area (Å²) in [4.78, 5) is 11.5. The molecule has 1 aliphatic heterocycles. The van der Waals surface area contributed by atoms with E-state index < -0.39 is 0 Å². The maximum atomic E-state index is 5.22. The summed E-state index contributed by atoms with van der Waals surface area (Å²) in [7, 11) is 1.69. The van der Waals surface area contributed by atoms with Crippen LogP contribution in [-0.4, -0.2) is 53.7 Å². The Hall–Kier alpha value is -1.77. The molecule has 1 fully saturated rings. The number of methoxy groups -OCH3 is 1. The second kappa shape index (κ2) is 11.3. The van der Waals surface area contributed by atoms with E-state index >= 15 is 0 Å². The molecular formula is C21H32IN5O. The fourth-order valence-corrected chi connectivity index (χ4v) is 3.60. The summed E-state index contributed by atoms with van der Waals surface area (Å²) in [6.07, 6.45) is 7.94. The van der Waals surface area contributed by atoms with Crippen molar-refractivity contribution in [1.82, 2.24) is 19.8 Å². The lowest BCUT2D eigenvalue weighted by atomic mass is 9.93. The van der Waals surface area contributed by atoms with Gasteiger partial charge in [-0.1, -0.05) is 19.1 Å². The smallest absolute Gasteiger partial charge is 0.193 e. The van der Waals surface area contributed by atoms with E-state index in [2.05, 4.69) is 51.9 Å². The van der Waals surface area contributed by atoms with Crippen LogP contribution in [0.2, 0.25) is 0 Å². The molecule has 0 radical (unpaired) electrons. The van der Waals surface area contributed by atoms with Gasteiger partial charge in [-0.3, -0.25) is 4.99 Å². The topological polar surface area (TPSA) is 54.7 Å². The summed E-state index contributed by atoms with van der Waals surface area (Å²) in [5.74, 6) is 2.55. The highest BCUT2D eigenvalue weighted by atomic mass is 127. The summed E-state index contributed by atoms with van der Waals surface area (Å²) in [5, 5.41) is 3.47. The third kappa shape index (κ3) is 5.86. The molecule has 2 atom stereocenters. The molecule has 1 N–H and O–H groups in total. The van der Waals surface area contributed by atoms with Gasteiger partial charge >= 0.3 is 0 Å². The number of nitrogens with zero attached hydrogens (tertiary/aromatic N) is 4. The molecule has 0 amide bonds. The van der Waals surface area contributed by atoms with E-state index in [-0.39, 0.29) is 24.0 Å². The van der Waals surface area contributed by atoms with Crippen LogP contribution in [0.3, 0.4) is 0 Å². The van der Waals surface area contributed by atoms with Gasteiger partial charge in [0.2, 0.25) is 0 Å². The molecule has 2 heterocycles. The average molecular weight is 497 g/mol. The first kappa shape index (κ1) is 22.5. The van der Waals surface area contributed by atoms with Crippen molar-refractivity contribution in [3.05, 3.63) is 48.5 Å². The van der Waals surface area contributed by atoms with Crippen LogP contribution < -0.4 is 10.1 Å². The number of aliphatic imine (C=N–C) groups is 1. The van der Waals surface area contributed by atoms with Crippen molar-refractivity contribution in [2.24, 2.45) is 10.9 Å². The highest BCUT2D eigenvalue weighted by molar-refractivity contribution is 14.0. The van der Waals surface area contributed by atoms with E-state index in [1.54, 1.807) is 7.11 Å². The van der Waals surface area contributed by atoms with Crippen molar-refractivity contribution in [2.75, 3.05) is 33.3 Å². The van der Waals surface area contributed by atoms with E-state index in [0.29, 0.717) is 12.0 Å². The van der Waals surface area contributed by atoms with Crippen molar-refractivity contribution < 1.29 is 4.74 Å². The number of piperidine rings is 1. The molecule has 0 bridgehead atoms. The molecule has 1 saturated heterocycles. The Labute approximate surface area is 185 Å². The third-order valence-electron chi connectivity index (χ3n) is 5.28. The van der Waals surface area contributed by atoms with Gasteiger partial charge in [-0.2, -0.15) is 0 Å². The number of guanidine groups is 1. The second-order valence-electron chi connectivity index (χ2n) is 7.12. The Balaban J connectivity index is 0.00000280. The van der Waals surface area contributed by atoms with Gasteiger partial charge in [0.25, 0.3) is 0 Å². The number of halogens is 1. The predicted octanol–water partition coefficient (Wildman–Crippen LogP) is 3.60. The van der Waals surface area contributed by atoms with E-state index in [0.717, 1.165) is 50.7 Å². The van der Waals surface area contributed by atoms with E-state index in [1.165, 1.54) is 5.56 Å². The summed E-state index contributed by atoms with van der Waals surface area (Å²) < 4.78 is 7.46. The number of rotatable bonds is 6. The molecule has 6 nitrogen and oxygen atoms in total. The lowest BCUT2D eigenvalue weighted by molar-refractivity contribution is 0.189. The van der Waals surface area contributed by atoms with E-state index in [9.17, 15) is 0 Å². The molecule has 0 saturated carbocycles. The molecule has 154 valence electrons. The van der Waals surface area contributed by atoms with E-state index in [1.807, 2.05) is 24.7 Å². The number of likely N-dealkylation sites (tertiary alicyclic amines) is 1. The lowest BCUT2D eigenvalue weighted by Gasteiger charge is -2.39. The highest BCUT2D eigenvalue weighted by Crippen LogP contribution is 2.27. The normalized spacial score (nSPS) is 19.8. The first-order chi connectivity index (χ1) is 13.2. The molecular weight excluding hydrogens is 465 g/mol. The van der Waals surface area contributed by atoms with Crippen LogP contribution in [0.1, 0.15) is 31.9 Å². The number of hydrogen-bond donors (Lipinski definition) is 1. The number of ether oxygens (including phenoxy) is 1. The maximum Gasteiger partial charge on any atom is 0.193 e. The molecule has 2 unspecified atom stereocenters. The minimum atomic E-state index is 0. The van der Waals surface area contributed by atoms with Crippen LogP contribution in [-0.2, 0) is 6.42 Å². The average Bonchev–Trinajstić information content (AvgIpc) is 3.23. The SMILES string of the molecule is CCNC(=NCCc1ccc(OC)cc1)N1CCC(C)C(n2ccnc2)C1.I. The van der Waals surface area contributed by atoms with Crippen LogP contribution in [0, 0.1) is 5.92 Å². The second-order valence-corrected chi connectivity index (χ2v) is 7.12. The van der Waals surface area contributed by atoms with Crippen LogP contribution in [0.5, 0.6) is 5.75 Å². The first-order valence-electron chi connectivity index (χ1n) is 9.85.